The molecule has 5 heteroatoms. The molecule has 0 aromatic heterocycles. The van der Waals surface area contributed by atoms with Crippen LogP contribution in [0.5, 0.6) is 0 Å². The maximum absolute atomic E-state index is 12.0. The molecule has 0 unspecified atom stereocenters. The molecule has 2 rings (SSSR count). The average Bonchev–Trinajstić information content (AvgIpc) is 2.20. The molecule has 0 spiro atoms. The smallest absolute Gasteiger partial charge is 0.256 e. The Kier molecular flexibility index (Phi) is 3.03. The van der Waals surface area contributed by atoms with Gasteiger partial charge >= 0.3 is 0 Å². The fourth-order valence-corrected chi connectivity index (χ4v) is 1.92. The van der Waals surface area contributed by atoms with Gasteiger partial charge in [-0.15, -0.1) is 0 Å². The Morgan fingerprint density at radius 2 is 2.25 bits per heavy atom. The number of aliphatic hydroxyl groups excluding tert-OH is 1. The molecule has 0 aliphatic carbocycles. The average molecular weight is 241 g/mol. The molecule has 1 heterocycles. The van der Waals surface area contributed by atoms with E-state index in [1.54, 1.807) is 23.1 Å². The molecule has 0 atom stereocenters. The predicted molar refractivity (Wildman–Crippen MR) is 62.3 cm³/mol. The summed E-state index contributed by atoms with van der Waals surface area (Å²) in [4.78, 5) is 13.6. The standard InChI is InChI=1S/C11H13ClN2O2/c12-9-3-1-2-8(10(9)13)11(16)14-4-7(5-14)6-15/h1-3,7,15H,4-6,13H2. The van der Waals surface area contributed by atoms with Crippen LogP contribution in [0.15, 0.2) is 18.2 Å². The zero-order chi connectivity index (χ0) is 11.7. The summed E-state index contributed by atoms with van der Waals surface area (Å²) in [5, 5.41) is 9.26. The molecule has 0 radical (unpaired) electrons. The molecule has 1 fully saturated rings. The number of carbonyl (C=O) groups excluding carboxylic acids is 1. The van der Waals surface area contributed by atoms with Gasteiger partial charge in [-0.3, -0.25) is 4.79 Å². The normalized spacial score (nSPS) is 16.0. The van der Waals surface area contributed by atoms with Crippen LogP contribution in [0.3, 0.4) is 0 Å². The molecule has 4 nitrogen and oxygen atoms in total. The van der Waals surface area contributed by atoms with Gasteiger partial charge < -0.3 is 15.7 Å². The third kappa shape index (κ3) is 1.86. The Balaban J connectivity index is 2.13. The Morgan fingerprint density at radius 1 is 1.56 bits per heavy atom. The van der Waals surface area contributed by atoms with Gasteiger partial charge in [0.25, 0.3) is 5.91 Å². The van der Waals surface area contributed by atoms with Crippen molar-refractivity contribution in [1.82, 2.24) is 4.90 Å². The summed E-state index contributed by atoms with van der Waals surface area (Å²) in [6, 6.07) is 5.02. The molecular weight excluding hydrogens is 228 g/mol. The highest BCUT2D eigenvalue weighted by Crippen LogP contribution is 2.26. The first-order valence-electron chi connectivity index (χ1n) is 5.07. The molecule has 0 bridgehead atoms. The lowest BCUT2D eigenvalue weighted by Crippen LogP contribution is -2.51. The molecule has 1 amide bonds. The number of hydrogen-bond acceptors (Lipinski definition) is 3. The fourth-order valence-electron chi connectivity index (χ4n) is 1.75. The maximum Gasteiger partial charge on any atom is 0.256 e. The number of nitrogens with two attached hydrogens (primary N) is 1. The van der Waals surface area contributed by atoms with E-state index >= 15 is 0 Å². The first-order chi connectivity index (χ1) is 7.63. The van der Waals surface area contributed by atoms with Crippen molar-refractivity contribution in [3.8, 4) is 0 Å². The van der Waals surface area contributed by atoms with Crippen LogP contribution in [-0.4, -0.2) is 35.6 Å². The summed E-state index contributed by atoms with van der Waals surface area (Å²) in [6.07, 6.45) is 0. The largest absolute Gasteiger partial charge is 0.397 e. The van der Waals surface area contributed by atoms with Crippen LogP contribution in [0.2, 0.25) is 5.02 Å². The molecule has 1 aromatic rings. The highest BCUT2D eigenvalue weighted by Gasteiger charge is 2.31. The number of anilines is 1. The van der Waals surface area contributed by atoms with Gasteiger partial charge in [0.1, 0.15) is 0 Å². The molecule has 3 N–H and O–H groups in total. The summed E-state index contributed by atoms with van der Waals surface area (Å²) >= 11 is 5.84. The summed E-state index contributed by atoms with van der Waals surface area (Å²) in [6.45, 7) is 1.29. The number of likely N-dealkylation sites (tertiary alicyclic amines) is 1. The van der Waals surface area contributed by atoms with Crippen LogP contribution in [0, 0.1) is 5.92 Å². The van der Waals surface area contributed by atoms with E-state index in [1.165, 1.54) is 0 Å². The zero-order valence-electron chi connectivity index (χ0n) is 8.69. The number of amides is 1. The van der Waals surface area contributed by atoms with E-state index in [0.29, 0.717) is 29.4 Å². The van der Waals surface area contributed by atoms with Crippen molar-refractivity contribution < 1.29 is 9.90 Å². The zero-order valence-corrected chi connectivity index (χ0v) is 9.44. The van der Waals surface area contributed by atoms with Crippen molar-refractivity contribution in [2.75, 3.05) is 25.4 Å². The van der Waals surface area contributed by atoms with Gasteiger partial charge in [0.15, 0.2) is 0 Å². The number of rotatable bonds is 2. The van der Waals surface area contributed by atoms with Crippen LogP contribution < -0.4 is 5.73 Å². The van der Waals surface area contributed by atoms with E-state index in [2.05, 4.69) is 0 Å². The SMILES string of the molecule is Nc1c(Cl)cccc1C(=O)N1CC(CO)C1. The van der Waals surface area contributed by atoms with Gasteiger partial charge in [0.2, 0.25) is 0 Å². The number of halogens is 1. The Hall–Kier alpha value is -1.26. The van der Waals surface area contributed by atoms with Gasteiger partial charge in [-0.1, -0.05) is 17.7 Å². The monoisotopic (exact) mass is 240 g/mol. The number of hydrogen-bond donors (Lipinski definition) is 2. The topological polar surface area (TPSA) is 66.6 Å². The Bertz CT molecular complexity index is 416. The summed E-state index contributed by atoms with van der Waals surface area (Å²) in [5.41, 5.74) is 6.49. The minimum absolute atomic E-state index is 0.120. The van der Waals surface area contributed by atoms with E-state index in [9.17, 15) is 4.79 Å². The first kappa shape index (κ1) is 11.2. The fraction of sp³-hybridized carbons (Fsp3) is 0.364. The summed E-state index contributed by atoms with van der Waals surface area (Å²) in [7, 11) is 0. The highest BCUT2D eigenvalue weighted by atomic mass is 35.5. The van der Waals surface area contributed by atoms with Crippen molar-refractivity contribution >= 4 is 23.2 Å². The predicted octanol–water partition coefficient (Wildman–Crippen LogP) is 0.987. The minimum atomic E-state index is -0.121. The van der Waals surface area contributed by atoms with Gasteiger partial charge in [-0.05, 0) is 12.1 Å². The minimum Gasteiger partial charge on any atom is -0.397 e. The second-order valence-electron chi connectivity index (χ2n) is 3.96. The summed E-state index contributed by atoms with van der Waals surface area (Å²) in [5.74, 6) is 0.0778. The second kappa shape index (κ2) is 4.31. The number of nitrogen functional groups attached to an aromatic ring is 1. The number of carbonyl (C=O) groups is 1. The molecule has 86 valence electrons. The molecule has 1 aliphatic heterocycles. The van der Waals surface area contributed by atoms with Gasteiger partial charge in [-0.2, -0.15) is 0 Å². The van der Waals surface area contributed by atoms with Crippen LogP contribution in [-0.2, 0) is 0 Å². The molecule has 0 saturated carbocycles. The van der Waals surface area contributed by atoms with Gasteiger partial charge in [-0.25, -0.2) is 0 Å². The molecule has 1 saturated heterocycles. The van der Waals surface area contributed by atoms with Gasteiger partial charge in [0.05, 0.1) is 16.3 Å². The van der Waals surface area contributed by atoms with Crippen LogP contribution in [0.4, 0.5) is 5.69 Å². The lowest BCUT2D eigenvalue weighted by atomic mass is 9.99. The lowest BCUT2D eigenvalue weighted by Gasteiger charge is -2.38. The molecule has 16 heavy (non-hydrogen) atoms. The number of aliphatic hydroxyl groups is 1. The molecular formula is C11H13ClN2O2. The van der Waals surface area contributed by atoms with Crippen LogP contribution in [0.25, 0.3) is 0 Å². The number of benzene rings is 1. The van der Waals surface area contributed by atoms with Crippen molar-refractivity contribution in [2.24, 2.45) is 5.92 Å². The van der Waals surface area contributed by atoms with E-state index < -0.39 is 0 Å². The third-order valence-corrected chi connectivity index (χ3v) is 3.12. The van der Waals surface area contributed by atoms with Crippen molar-refractivity contribution in [3.63, 3.8) is 0 Å². The highest BCUT2D eigenvalue weighted by molar-refractivity contribution is 6.33. The van der Waals surface area contributed by atoms with Crippen LogP contribution >= 0.6 is 11.6 Å². The molecule has 1 aliphatic rings. The van der Waals surface area contributed by atoms with E-state index in [4.69, 9.17) is 22.4 Å². The summed E-state index contributed by atoms with van der Waals surface area (Å²) < 4.78 is 0. The second-order valence-corrected chi connectivity index (χ2v) is 4.37. The Morgan fingerprint density at radius 3 is 2.88 bits per heavy atom. The van der Waals surface area contributed by atoms with Crippen molar-refractivity contribution in [1.29, 1.82) is 0 Å². The van der Waals surface area contributed by atoms with E-state index in [1.807, 2.05) is 0 Å². The quantitative estimate of drug-likeness (QED) is 0.758. The van der Waals surface area contributed by atoms with Crippen molar-refractivity contribution in [3.05, 3.63) is 28.8 Å². The number of nitrogens with zero attached hydrogens (tertiary/aromatic N) is 1. The maximum atomic E-state index is 12.0. The first-order valence-corrected chi connectivity index (χ1v) is 5.45. The lowest BCUT2D eigenvalue weighted by molar-refractivity contribution is 0.0363. The van der Waals surface area contributed by atoms with E-state index in [-0.39, 0.29) is 18.4 Å². The van der Waals surface area contributed by atoms with Crippen LogP contribution in [0.1, 0.15) is 10.4 Å². The third-order valence-electron chi connectivity index (χ3n) is 2.79. The van der Waals surface area contributed by atoms with E-state index in [0.717, 1.165) is 0 Å². The van der Waals surface area contributed by atoms with Gasteiger partial charge in [0, 0.05) is 25.6 Å². The van der Waals surface area contributed by atoms with Crippen molar-refractivity contribution in [2.45, 2.75) is 0 Å². The molecule has 1 aromatic carbocycles. The number of para-hydroxylation sites is 1. The Labute approximate surface area is 98.6 Å².